The first-order chi connectivity index (χ1) is 19.8. The molecule has 0 unspecified atom stereocenters. The second-order valence-electron chi connectivity index (χ2n) is 9.75. The summed E-state index contributed by atoms with van der Waals surface area (Å²) >= 11 is 0. The maximum Gasteiger partial charge on any atom is 0.269 e. The van der Waals surface area contributed by atoms with E-state index in [1.165, 1.54) is 73.4 Å². The van der Waals surface area contributed by atoms with Gasteiger partial charge in [-0.3, -0.25) is 28.8 Å². The van der Waals surface area contributed by atoms with Gasteiger partial charge in [-0.05, 0) is 44.0 Å². The van der Waals surface area contributed by atoms with Gasteiger partial charge in [0.15, 0.2) is 28.7 Å². The molecule has 2 aromatic carbocycles. The molecule has 0 amide bonds. The standard InChI is InChI=1S/C29H28N4O8S/c1-6-14-29(15-7-2)27(36)22-13-10-20(16-23(22)32(5)42(29,39)40)26(35)25-18(3)30-31(4)28(25)41-17-24(34)19-8-11-21(12-9-19)33(37)38/h6-13,16H,1-2,14-15,17H2,3-5H3. The molecule has 42 heavy (non-hydrogen) atoms. The number of fused-ring (bicyclic) bond motifs is 1. The SMILES string of the molecule is C=CCC1(CC=C)C(=O)c2ccc(C(=O)c3c(C)nn(C)c3OCC(=O)c3ccc([N+](=O)[O-])cc3)cc2N(C)S1(=O)=O. The summed E-state index contributed by atoms with van der Waals surface area (Å²) in [5.41, 5.74) is 0.624. The predicted molar refractivity (Wildman–Crippen MR) is 155 cm³/mol. The Labute approximate surface area is 242 Å². The largest absolute Gasteiger partial charge is 0.469 e. The number of Topliss-reactive ketones (excluding diaryl/α,β-unsaturated/α-hetero) is 2. The summed E-state index contributed by atoms with van der Waals surface area (Å²) in [4.78, 5) is 50.3. The van der Waals surface area contributed by atoms with E-state index in [1.807, 2.05) is 0 Å². The minimum absolute atomic E-state index is 0.00137. The lowest BCUT2D eigenvalue weighted by Crippen LogP contribution is -2.56. The predicted octanol–water partition coefficient (Wildman–Crippen LogP) is 3.98. The molecule has 1 aliphatic rings. The van der Waals surface area contributed by atoms with Gasteiger partial charge in [0.05, 0.1) is 16.3 Å². The molecular formula is C29H28N4O8S. The zero-order valence-electron chi connectivity index (χ0n) is 23.2. The summed E-state index contributed by atoms with van der Waals surface area (Å²) in [5.74, 6) is -1.66. The molecule has 0 saturated heterocycles. The summed E-state index contributed by atoms with van der Waals surface area (Å²) < 4.78 is 33.4. The molecule has 0 spiro atoms. The van der Waals surface area contributed by atoms with Crippen LogP contribution < -0.4 is 9.04 Å². The van der Waals surface area contributed by atoms with E-state index in [0.717, 1.165) is 4.31 Å². The van der Waals surface area contributed by atoms with Crippen molar-refractivity contribution >= 4 is 38.7 Å². The molecule has 0 fully saturated rings. The summed E-state index contributed by atoms with van der Waals surface area (Å²) in [6.07, 6.45) is 2.54. The van der Waals surface area contributed by atoms with Gasteiger partial charge in [0.1, 0.15) is 5.56 Å². The second kappa shape index (κ2) is 11.2. The average Bonchev–Trinajstić information content (AvgIpc) is 3.25. The number of sulfonamides is 1. The number of carbonyl (C=O) groups is 3. The number of benzene rings is 2. The van der Waals surface area contributed by atoms with Crippen LogP contribution in [0.4, 0.5) is 11.4 Å². The van der Waals surface area contributed by atoms with Gasteiger partial charge in [0.25, 0.3) is 5.69 Å². The Morgan fingerprint density at radius 2 is 1.67 bits per heavy atom. The third kappa shape index (κ3) is 4.81. The Balaban J connectivity index is 1.67. The van der Waals surface area contributed by atoms with Gasteiger partial charge in [-0.2, -0.15) is 5.10 Å². The normalized spacial score (nSPS) is 15.0. The molecule has 1 aromatic heterocycles. The molecule has 0 radical (unpaired) electrons. The number of rotatable bonds is 11. The number of nitrogens with zero attached hydrogens (tertiary/aromatic N) is 4. The highest BCUT2D eigenvalue weighted by molar-refractivity contribution is 7.95. The molecule has 13 heteroatoms. The lowest BCUT2D eigenvalue weighted by molar-refractivity contribution is -0.384. The van der Waals surface area contributed by atoms with Crippen molar-refractivity contribution in [2.75, 3.05) is 18.0 Å². The van der Waals surface area contributed by atoms with Crippen LogP contribution >= 0.6 is 0 Å². The van der Waals surface area contributed by atoms with Crippen molar-refractivity contribution in [1.82, 2.24) is 9.78 Å². The molecule has 12 nitrogen and oxygen atoms in total. The molecule has 0 saturated carbocycles. The van der Waals surface area contributed by atoms with Crippen LogP contribution in [0.15, 0.2) is 67.8 Å². The molecule has 1 aliphatic heterocycles. The maximum atomic E-state index is 13.7. The fourth-order valence-corrected chi connectivity index (χ4v) is 6.96. The minimum atomic E-state index is -4.21. The fraction of sp³-hybridized carbons (Fsp3) is 0.241. The van der Waals surface area contributed by atoms with Crippen LogP contribution in [0.1, 0.15) is 55.2 Å². The molecule has 0 N–H and O–H groups in total. The third-order valence-corrected chi connectivity index (χ3v) is 9.62. The number of ketones is 3. The van der Waals surface area contributed by atoms with Gasteiger partial charge in [0, 0.05) is 42.9 Å². The number of carbonyl (C=O) groups excluding carboxylic acids is 3. The van der Waals surface area contributed by atoms with Crippen molar-refractivity contribution in [3.63, 3.8) is 0 Å². The van der Waals surface area contributed by atoms with E-state index in [1.54, 1.807) is 6.92 Å². The molecule has 0 atom stereocenters. The van der Waals surface area contributed by atoms with Gasteiger partial charge >= 0.3 is 0 Å². The zero-order valence-corrected chi connectivity index (χ0v) is 24.0. The van der Waals surface area contributed by atoms with E-state index < -0.39 is 43.7 Å². The number of allylic oxidation sites excluding steroid dienone is 2. The molecular weight excluding hydrogens is 564 g/mol. The van der Waals surface area contributed by atoms with E-state index in [-0.39, 0.29) is 52.4 Å². The summed E-state index contributed by atoms with van der Waals surface area (Å²) in [6, 6.07) is 9.19. The summed E-state index contributed by atoms with van der Waals surface area (Å²) in [5, 5.41) is 15.1. The topological polar surface area (TPSA) is 159 Å². The number of aromatic nitrogens is 2. The lowest BCUT2D eigenvalue weighted by Gasteiger charge is -2.40. The van der Waals surface area contributed by atoms with Gasteiger partial charge in [-0.15, -0.1) is 13.2 Å². The number of hydrogen-bond acceptors (Lipinski definition) is 9. The second-order valence-corrected chi connectivity index (χ2v) is 12.0. The van der Waals surface area contributed by atoms with Crippen molar-refractivity contribution in [1.29, 1.82) is 0 Å². The highest BCUT2D eigenvalue weighted by Crippen LogP contribution is 2.43. The molecule has 2 heterocycles. The van der Waals surface area contributed by atoms with E-state index >= 15 is 0 Å². The summed E-state index contributed by atoms with van der Waals surface area (Å²) in [6.45, 7) is 8.35. The van der Waals surface area contributed by atoms with Crippen molar-refractivity contribution in [2.24, 2.45) is 7.05 Å². The number of nitro benzene ring substituents is 1. The average molecular weight is 593 g/mol. The molecule has 0 aliphatic carbocycles. The van der Waals surface area contributed by atoms with Crippen LogP contribution in [0, 0.1) is 17.0 Å². The van der Waals surface area contributed by atoms with Crippen molar-refractivity contribution in [3.05, 3.63) is 106 Å². The van der Waals surface area contributed by atoms with Crippen molar-refractivity contribution in [2.45, 2.75) is 24.5 Å². The zero-order chi connectivity index (χ0) is 31.0. The van der Waals surface area contributed by atoms with Gasteiger partial charge < -0.3 is 4.74 Å². The van der Waals surface area contributed by atoms with Gasteiger partial charge in [-0.1, -0.05) is 18.2 Å². The van der Waals surface area contributed by atoms with E-state index in [4.69, 9.17) is 4.74 Å². The highest BCUT2D eigenvalue weighted by Gasteiger charge is 2.55. The van der Waals surface area contributed by atoms with E-state index in [9.17, 15) is 32.9 Å². The monoisotopic (exact) mass is 592 g/mol. The van der Waals surface area contributed by atoms with Crippen LogP contribution in [-0.2, 0) is 17.1 Å². The first kappa shape index (κ1) is 30.1. The number of ether oxygens (including phenoxy) is 1. The van der Waals surface area contributed by atoms with Gasteiger partial charge in [0.2, 0.25) is 15.9 Å². The first-order valence-corrected chi connectivity index (χ1v) is 14.1. The van der Waals surface area contributed by atoms with Crippen molar-refractivity contribution < 1.29 is 32.5 Å². The Bertz CT molecular complexity index is 1750. The number of nitro groups is 1. The van der Waals surface area contributed by atoms with Crippen LogP contribution in [-0.4, -0.2) is 58.9 Å². The summed E-state index contributed by atoms with van der Waals surface area (Å²) in [7, 11) is -1.36. The van der Waals surface area contributed by atoms with E-state index in [0.29, 0.717) is 5.69 Å². The Morgan fingerprint density at radius 1 is 1.07 bits per heavy atom. The van der Waals surface area contributed by atoms with Crippen LogP contribution in [0.25, 0.3) is 0 Å². The molecule has 3 aromatic rings. The molecule has 0 bridgehead atoms. The molecule has 218 valence electrons. The Kier molecular flexibility index (Phi) is 7.99. The van der Waals surface area contributed by atoms with Crippen LogP contribution in [0.5, 0.6) is 5.88 Å². The van der Waals surface area contributed by atoms with E-state index in [2.05, 4.69) is 18.3 Å². The smallest absolute Gasteiger partial charge is 0.269 e. The maximum absolute atomic E-state index is 13.7. The van der Waals surface area contributed by atoms with Crippen LogP contribution in [0.3, 0.4) is 0 Å². The first-order valence-electron chi connectivity index (χ1n) is 12.7. The quantitative estimate of drug-likeness (QED) is 0.139. The van der Waals surface area contributed by atoms with Crippen molar-refractivity contribution in [3.8, 4) is 5.88 Å². The Morgan fingerprint density at radius 3 is 2.24 bits per heavy atom. The number of aryl methyl sites for hydroxylation is 2. The number of anilines is 1. The third-order valence-electron chi connectivity index (χ3n) is 7.20. The highest BCUT2D eigenvalue weighted by atomic mass is 32.2. The Hall–Kier alpha value is -4.91. The number of non-ortho nitro benzene ring substituents is 1. The minimum Gasteiger partial charge on any atom is -0.469 e. The fourth-order valence-electron chi connectivity index (χ4n) is 5.02. The van der Waals surface area contributed by atoms with Gasteiger partial charge in [-0.25, -0.2) is 13.1 Å². The number of hydrogen-bond donors (Lipinski definition) is 0. The lowest BCUT2D eigenvalue weighted by atomic mass is 9.88. The van der Waals surface area contributed by atoms with Crippen LogP contribution in [0.2, 0.25) is 0 Å². The molecule has 4 rings (SSSR count).